The van der Waals surface area contributed by atoms with Gasteiger partial charge in [0, 0.05) is 25.3 Å². The maximum Gasteiger partial charge on any atom is 0.433 e. The van der Waals surface area contributed by atoms with Crippen molar-refractivity contribution < 1.29 is 18.0 Å². The predicted octanol–water partition coefficient (Wildman–Crippen LogP) is 2.57. The van der Waals surface area contributed by atoms with E-state index in [2.05, 4.69) is 35.5 Å². The first-order valence-electron chi connectivity index (χ1n) is 9.50. The molecule has 0 radical (unpaired) electrons. The van der Waals surface area contributed by atoms with Gasteiger partial charge in [-0.15, -0.1) is 0 Å². The highest BCUT2D eigenvalue weighted by Crippen LogP contribution is 2.28. The van der Waals surface area contributed by atoms with Gasteiger partial charge >= 0.3 is 6.18 Å². The van der Waals surface area contributed by atoms with Crippen LogP contribution in [0.15, 0.2) is 36.8 Å². The van der Waals surface area contributed by atoms with E-state index in [1.54, 1.807) is 6.20 Å². The molecule has 4 rings (SSSR count). The van der Waals surface area contributed by atoms with Crippen molar-refractivity contribution in [2.75, 3.05) is 29.9 Å². The summed E-state index contributed by atoms with van der Waals surface area (Å²) in [5, 5.41) is 6.50. The Morgan fingerprint density at radius 3 is 2.97 bits per heavy atom. The second-order valence-electron chi connectivity index (χ2n) is 7.05. The van der Waals surface area contributed by atoms with Crippen molar-refractivity contribution in [3.8, 4) is 0 Å². The standard InChI is InChI=1S/C19H20F3N7O/c20-19(21,22)14-4-1-5-15(28-14)24-9-16(30)27-12-3-2-8-29(10-12)18-13-6-7-23-17(13)25-11-26-18/h1,4-7,11-12H,2-3,8-10H2,(H,24,28)(H,27,30)(H,23,25,26). The summed E-state index contributed by atoms with van der Waals surface area (Å²) in [5.41, 5.74) is -0.249. The second kappa shape index (κ2) is 8.17. The Labute approximate surface area is 169 Å². The van der Waals surface area contributed by atoms with Gasteiger partial charge in [0.25, 0.3) is 0 Å². The first-order chi connectivity index (χ1) is 14.4. The lowest BCUT2D eigenvalue weighted by Crippen LogP contribution is -2.49. The van der Waals surface area contributed by atoms with Crippen LogP contribution in [0.25, 0.3) is 11.0 Å². The molecule has 4 heterocycles. The largest absolute Gasteiger partial charge is 0.433 e. The fraction of sp³-hybridized carbons (Fsp3) is 0.368. The van der Waals surface area contributed by atoms with Crippen LogP contribution in [0, 0.1) is 0 Å². The molecule has 1 amide bonds. The Kier molecular flexibility index (Phi) is 5.42. The number of nitrogens with one attached hydrogen (secondary N) is 3. The minimum Gasteiger partial charge on any atom is -0.361 e. The van der Waals surface area contributed by atoms with Crippen molar-refractivity contribution in [3.05, 3.63) is 42.5 Å². The smallest absolute Gasteiger partial charge is 0.361 e. The van der Waals surface area contributed by atoms with Crippen molar-refractivity contribution in [1.29, 1.82) is 0 Å². The number of aromatic amines is 1. The summed E-state index contributed by atoms with van der Waals surface area (Å²) in [7, 11) is 0. The number of anilines is 2. The van der Waals surface area contributed by atoms with Crippen molar-refractivity contribution in [3.63, 3.8) is 0 Å². The molecule has 158 valence electrons. The number of amides is 1. The van der Waals surface area contributed by atoms with Crippen molar-refractivity contribution in [1.82, 2.24) is 25.3 Å². The van der Waals surface area contributed by atoms with Crippen molar-refractivity contribution >= 4 is 28.6 Å². The SMILES string of the molecule is O=C(CNc1cccc(C(F)(F)F)n1)NC1CCCN(c2ncnc3[nH]ccc23)C1. The maximum atomic E-state index is 12.7. The molecule has 1 unspecified atom stereocenters. The summed E-state index contributed by atoms with van der Waals surface area (Å²) < 4.78 is 38.2. The monoisotopic (exact) mass is 419 g/mol. The zero-order valence-electron chi connectivity index (χ0n) is 15.9. The van der Waals surface area contributed by atoms with Gasteiger partial charge < -0.3 is 20.5 Å². The molecule has 1 aliphatic rings. The molecule has 1 saturated heterocycles. The number of carbonyl (C=O) groups is 1. The van der Waals surface area contributed by atoms with Gasteiger partial charge in [-0.1, -0.05) is 6.07 Å². The van der Waals surface area contributed by atoms with Crippen LogP contribution >= 0.6 is 0 Å². The van der Waals surface area contributed by atoms with E-state index < -0.39 is 11.9 Å². The third-order valence-corrected chi connectivity index (χ3v) is 4.89. The second-order valence-corrected chi connectivity index (χ2v) is 7.05. The van der Waals surface area contributed by atoms with E-state index in [4.69, 9.17) is 0 Å². The van der Waals surface area contributed by atoms with Crippen LogP contribution in [0.1, 0.15) is 18.5 Å². The molecule has 11 heteroatoms. The Hall–Kier alpha value is -3.37. The molecular formula is C19H20F3N7O. The number of fused-ring (bicyclic) bond motifs is 1. The number of pyridine rings is 1. The lowest BCUT2D eigenvalue weighted by atomic mass is 10.1. The van der Waals surface area contributed by atoms with Gasteiger partial charge in [-0.2, -0.15) is 13.2 Å². The molecular weight excluding hydrogens is 399 g/mol. The van der Waals surface area contributed by atoms with Crippen LogP contribution in [0.3, 0.4) is 0 Å². The first kappa shape index (κ1) is 19.9. The fourth-order valence-electron chi connectivity index (χ4n) is 3.54. The molecule has 1 atom stereocenters. The summed E-state index contributed by atoms with van der Waals surface area (Å²) >= 11 is 0. The van der Waals surface area contributed by atoms with E-state index in [0.29, 0.717) is 6.54 Å². The van der Waals surface area contributed by atoms with Crippen LogP contribution in [-0.2, 0) is 11.0 Å². The van der Waals surface area contributed by atoms with Gasteiger partial charge in [-0.05, 0) is 31.0 Å². The molecule has 0 aromatic carbocycles. The Morgan fingerprint density at radius 1 is 1.27 bits per heavy atom. The van der Waals surface area contributed by atoms with Crippen LogP contribution < -0.4 is 15.5 Å². The molecule has 3 N–H and O–H groups in total. The Morgan fingerprint density at radius 2 is 2.13 bits per heavy atom. The molecule has 0 saturated carbocycles. The average molecular weight is 419 g/mol. The molecule has 3 aromatic rings. The third kappa shape index (κ3) is 4.44. The van der Waals surface area contributed by atoms with E-state index in [1.165, 1.54) is 18.5 Å². The predicted molar refractivity (Wildman–Crippen MR) is 105 cm³/mol. The number of piperidine rings is 1. The summed E-state index contributed by atoms with van der Waals surface area (Å²) in [5.74, 6) is 0.503. The number of nitrogens with zero attached hydrogens (tertiary/aromatic N) is 4. The van der Waals surface area contributed by atoms with E-state index >= 15 is 0 Å². The van der Waals surface area contributed by atoms with Gasteiger partial charge in [0.15, 0.2) is 0 Å². The minimum atomic E-state index is -4.53. The van der Waals surface area contributed by atoms with E-state index in [0.717, 1.165) is 42.3 Å². The van der Waals surface area contributed by atoms with Gasteiger partial charge in [0.1, 0.15) is 29.3 Å². The number of hydrogen-bond donors (Lipinski definition) is 3. The highest BCUT2D eigenvalue weighted by molar-refractivity contribution is 5.87. The topological polar surface area (TPSA) is 98.8 Å². The van der Waals surface area contributed by atoms with E-state index in [1.807, 2.05) is 6.07 Å². The summed E-state index contributed by atoms with van der Waals surface area (Å²) in [6.45, 7) is 1.24. The average Bonchev–Trinajstić information content (AvgIpc) is 3.21. The normalized spacial score (nSPS) is 17.2. The fourth-order valence-corrected chi connectivity index (χ4v) is 3.54. The van der Waals surface area contributed by atoms with E-state index in [9.17, 15) is 18.0 Å². The number of hydrogen-bond acceptors (Lipinski definition) is 6. The number of carbonyl (C=O) groups excluding carboxylic acids is 1. The van der Waals surface area contributed by atoms with Crippen LogP contribution in [0.2, 0.25) is 0 Å². The molecule has 0 aliphatic carbocycles. The molecule has 30 heavy (non-hydrogen) atoms. The highest BCUT2D eigenvalue weighted by Gasteiger charge is 2.32. The summed E-state index contributed by atoms with van der Waals surface area (Å²) in [6.07, 6.45) is 0.466. The zero-order valence-corrected chi connectivity index (χ0v) is 15.9. The molecule has 0 bridgehead atoms. The molecule has 8 nitrogen and oxygen atoms in total. The van der Waals surface area contributed by atoms with Gasteiger partial charge in [0.05, 0.1) is 11.9 Å². The third-order valence-electron chi connectivity index (χ3n) is 4.89. The number of rotatable bonds is 5. The minimum absolute atomic E-state index is 0.00100. The molecule has 3 aromatic heterocycles. The maximum absolute atomic E-state index is 12.7. The van der Waals surface area contributed by atoms with Crippen LogP contribution in [0.5, 0.6) is 0 Å². The summed E-state index contributed by atoms with van der Waals surface area (Å²) in [4.78, 5) is 29.5. The van der Waals surface area contributed by atoms with Crippen molar-refractivity contribution in [2.24, 2.45) is 0 Å². The first-order valence-corrected chi connectivity index (χ1v) is 9.50. The van der Waals surface area contributed by atoms with Crippen molar-refractivity contribution in [2.45, 2.75) is 25.1 Å². The molecule has 1 aliphatic heterocycles. The zero-order chi connectivity index (χ0) is 21.1. The highest BCUT2D eigenvalue weighted by atomic mass is 19.4. The van der Waals surface area contributed by atoms with Crippen LogP contribution in [0.4, 0.5) is 24.8 Å². The number of alkyl halides is 3. The van der Waals surface area contributed by atoms with Gasteiger partial charge in [-0.3, -0.25) is 4.79 Å². The van der Waals surface area contributed by atoms with Gasteiger partial charge in [-0.25, -0.2) is 15.0 Å². The van der Waals surface area contributed by atoms with Crippen LogP contribution in [-0.4, -0.2) is 51.5 Å². The lowest BCUT2D eigenvalue weighted by molar-refractivity contribution is -0.141. The lowest BCUT2D eigenvalue weighted by Gasteiger charge is -2.34. The number of aromatic nitrogens is 4. The Bertz CT molecular complexity index is 1040. The van der Waals surface area contributed by atoms with Gasteiger partial charge in [0.2, 0.25) is 5.91 Å². The Balaban J connectivity index is 1.34. The summed E-state index contributed by atoms with van der Waals surface area (Å²) in [6, 6.07) is 5.35. The molecule has 0 spiro atoms. The molecule has 1 fully saturated rings. The quantitative estimate of drug-likeness (QED) is 0.588. The number of halogens is 3. The van der Waals surface area contributed by atoms with E-state index in [-0.39, 0.29) is 24.3 Å². The number of H-pyrrole nitrogens is 1.